The van der Waals surface area contributed by atoms with Gasteiger partial charge in [-0.3, -0.25) is 9.59 Å². The molecule has 11 heteroatoms. The second kappa shape index (κ2) is 5.98. The maximum atomic E-state index is 12.2. The molecular weight excluding hydrogens is 310 g/mol. The van der Waals surface area contributed by atoms with E-state index in [9.17, 15) is 22.8 Å². The minimum absolute atomic E-state index is 0.216. The van der Waals surface area contributed by atoms with Crippen LogP contribution in [0.3, 0.4) is 0 Å². The zero-order valence-electron chi connectivity index (χ0n) is 9.98. The van der Waals surface area contributed by atoms with Crippen molar-refractivity contribution in [2.45, 2.75) is 4.21 Å². The first-order valence-corrected chi connectivity index (χ1v) is 7.35. The number of nitrogens with two attached hydrogens (primary N) is 2. The highest BCUT2D eigenvalue weighted by atomic mass is 32.2. The van der Waals surface area contributed by atoms with Crippen molar-refractivity contribution in [2.24, 2.45) is 11.5 Å². The van der Waals surface area contributed by atoms with Crippen LogP contribution in [0.15, 0.2) is 15.7 Å². The SMILES string of the molecule is NC(=O)CN(CC(N)=O)S(=O)(=O)c1cc(C(=O)O)cs1. The molecule has 5 N–H and O–H groups in total. The third-order valence-corrected chi connectivity index (χ3v) is 5.29. The van der Waals surface area contributed by atoms with E-state index < -0.39 is 40.9 Å². The molecule has 0 aromatic carbocycles. The fraction of sp³-hybridized carbons (Fsp3) is 0.222. The van der Waals surface area contributed by atoms with Crippen LogP contribution in [-0.2, 0) is 19.6 Å². The highest BCUT2D eigenvalue weighted by molar-refractivity contribution is 7.91. The zero-order valence-corrected chi connectivity index (χ0v) is 11.6. The summed E-state index contributed by atoms with van der Waals surface area (Å²) in [7, 11) is -4.22. The van der Waals surface area contributed by atoms with Crippen molar-refractivity contribution in [1.29, 1.82) is 0 Å². The summed E-state index contributed by atoms with van der Waals surface area (Å²) in [5.74, 6) is -3.23. The summed E-state index contributed by atoms with van der Waals surface area (Å²) in [5.41, 5.74) is 9.60. The van der Waals surface area contributed by atoms with Crippen molar-refractivity contribution in [3.05, 3.63) is 17.0 Å². The van der Waals surface area contributed by atoms with Crippen LogP contribution < -0.4 is 11.5 Å². The highest BCUT2D eigenvalue weighted by Gasteiger charge is 2.29. The number of carboxylic acids is 1. The van der Waals surface area contributed by atoms with Crippen molar-refractivity contribution in [2.75, 3.05) is 13.1 Å². The maximum Gasteiger partial charge on any atom is 0.336 e. The van der Waals surface area contributed by atoms with E-state index in [0.29, 0.717) is 15.6 Å². The summed E-state index contributed by atoms with van der Waals surface area (Å²) in [6, 6.07) is 0.928. The molecule has 2 amide bonds. The second-order valence-corrected chi connectivity index (χ2v) is 6.74. The van der Waals surface area contributed by atoms with Crippen molar-refractivity contribution in [3.8, 4) is 0 Å². The molecule has 0 aliphatic rings. The molecule has 0 bridgehead atoms. The molecule has 0 spiro atoms. The Kier molecular flexibility index (Phi) is 4.81. The van der Waals surface area contributed by atoms with Gasteiger partial charge in [-0.1, -0.05) is 0 Å². The van der Waals surface area contributed by atoms with Crippen molar-refractivity contribution < 1.29 is 27.9 Å². The number of amides is 2. The number of rotatable bonds is 7. The molecule has 1 aromatic rings. The van der Waals surface area contributed by atoms with Crippen LogP contribution in [0.2, 0.25) is 0 Å². The first-order chi connectivity index (χ1) is 9.14. The lowest BCUT2D eigenvalue weighted by Crippen LogP contribution is -2.43. The predicted octanol–water partition coefficient (Wildman–Crippen LogP) is -1.59. The van der Waals surface area contributed by atoms with Gasteiger partial charge in [-0.15, -0.1) is 11.3 Å². The fourth-order valence-corrected chi connectivity index (χ4v) is 3.94. The van der Waals surface area contributed by atoms with E-state index in [-0.39, 0.29) is 9.77 Å². The molecule has 0 saturated heterocycles. The van der Waals surface area contributed by atoms with Crippen LogP contribution in [0.25, 0.3) is 0 Å². The second-order valence-electron chi connectivity index (χ2n) is 3.67. The molecule has 9 nitrogen and oxygen atoms in total. The Bertz CT molecular complexity index is 634. The molecule has 0 aliphatic carbocycles. The average molecular weight is 321 g/mol. The predicted molar refractivity (Wildman–Crippen MR) is 68.4 cm³/mol. The Morgan fingerprint density at radius 2 is 1.70 bits per heavy atom. The largest absolute Gasteiger partial charge is 0.478 e. The number of carbonyl (C=O) groups excluding carboxylic acids is 2. The van der Waals surface area contributed by atoms with Gasteiger partial charge in [0.25, 0.3) is 10.0 Å². The summed E-state index contributed by atoms with van der Waals surface area (Å²) in [4.78, 5) is 32.4. The van der Waals surface area contributed by atoms with E-state index in [1.165, 1.54) is 0 Å². The number of sulfonamides is 1. The third-order valence-electron chi connectivity index (χ3n) is 2.08. The normalized spacial score (nSPS) is 11.4. The molecule has 1 aromatic heterocycles. The number of hydrogen-bond donors (Lipinski definition) is 3. The Morgan fingerprint density at radius 3 is 2.05 bits per heavy atom. The minimum atomic E-state index is -4.22. The molecular formula is C9H11N3O6S2. The van der Waals surface area contributed by atoms with Crippen LogP contribution >= 0.6 is 11.3 Å². The topological polar surface area (TPSA) is 161 Å². The van der Waals surface area contributed by atoms with Gasteiger partial charge in [0.1, 0.15) is 4.21 Å². The number of thiophene rings is 1. The van der Waals surface area contributed by atoms with Crippen molar-refractivity contribution in [3.63, 3.8) is 0 Å². The minimum Gasteiger partial charge on any atom is -0.478 e. The van der Waals surface area contributed by atoms with Gasteiger partial charge in [0.2, 0.25) is 11.8 Å². The highest BCUT2D eigenvalue weighted by Crippen LogP contribution is 2.23. The molecule has 0 atom stereocenters. The van der Waals surface area contributed by atoms with E-state index in [1.807, 2.05) is 0 Å². The van der Waals surface area contributed by atoms with Gasteiger partial charge in [0.15, 0.2) is 0 Å². The Morgan fingerprint density at radius 1 is 1.20 bits per heavy atom. The molecule has 0 aliphatic heterocycles. The lowest BCUT2D eigenvalue weighted by atomic mass is 10.4. The number of hydrogen-bond acceptors (Lipinski definition) is 6. The third kappa shape index (κ3) is 3.76. The molecule has 0 saturated carbocycles. The molecule has 0 unspecified atom stereocenters. The number of primary amides is 2. The number of carboxylic acid groups (broad SMARTS) is 1. The fourth-order valence-electron chi connectivity index (χ4n) is 1.26. The molecule has 1 heterocycles. The molecule has 110 valence electrons. The molecule has 0 radical (unpaired) electrons. The number of nitrogens with zero attached hydrogens (tertiary/aromatic N) is 1. The van der Waals surface area contributed by atoms with Crippen LogP contribution in [0.1, 0.15) is 10.4 Å². The van der Waals surface area contributed by atoms with Crippen LogP contribution in [0.4, 0.5) is 0 Å². The van der Waals surface area contributed by atoms with Gasteiger partial charge in [-0.05, 0) is 6.07 Å². The summed E-state index contributed by atoms with van der Waals surface area (Å²) < 4.78 is 24.5. The van der Waals surface area contributed by atoms with Crippen molar-refractivity contribution >= 4 is 39.1 Å². The molecule has 20 heavy (non-hydrogen) atoms. The Balaban J connectivity index is 3.16. The monoisotopic (exact) mass is 321 g/mol. The first-order valence-electron chi connectivity index (χ1n) is 5.03. The first kappa shape index (κ1) is 16.1. The van der Waals surface area contributed by atoms with Crippen LogP contribution in [-0.4, -0.2) is 48.7 Å². The summed E-state index contributed by atoms with van der Waals surface area (Å²) in [6.07, 6.45) is 0. The quantitative estimate of drug-likeness (QED) is 0.548. The van der Waals surface area contributed by atoms with E-state index in [1.54, 1.807) is 0 Å². The van der Waals surface area contributed by atoms with Crippen LogP contribution in [0, 0.1) is 0 Å². The lowest BCUT2D eigenvalue weighted by Gasteiger charge is -2.17. The summed E-state index contributed by atoms with van der Waals surface area (Å²) in [5, 5.41) is 9.87. The van der Waals surface area contributed by atoms with Gasteiger partial charge in [0.05, 0.1) is 18.7 Å². The van der Waals surface area contributed by atoms with Gasteiger partial charge in [-0.25, -0.2) is 13.2 Å². The van der Waals surface area contributed by atoms with Gasteiger partial charge < -0.3 is 16.6 Å². The summed E-state index contributed by atoms with van der Waals surface area (Å²) >= 11 is 0.653. The number of carbonyl (C=O) groups is 3. The average Bonchev–Trinajstić information content (AvgIpc) is 2.76. The van der Waals surface area contributed by atoms with Gasteiger partial charge in [0, 0.05) is 5.38 Å². The van der Waals surface area contributed by atoms with E-state index >= 15 is 0 Å². The van der Waals surface area contributed by atoms with Crippen LogP contribution in [0.5, 0.6) is 0 Å². The maximum absolute atomic E-state index is 12.2. The Labute approximate surface area is 117 Å². The molecule has 1 rings (SSSR count). The van der Waals surface area contributed by atoms with E-state index in [0.717, 1.165) is 11.4 Å². The van der Waals surface area contributed by atoms with Gasteiger partial charge >= 0.3 is 5.97 Å². The van der Waals surface area contributed by atoms with Gasteiger partial charge in [-0.2, -0.15) is 4.31 Å². The van der Waals surface area contributed by atoms with E-state index in [2.05, 4.69) is 0 Å². The van der Waals surface area contributed by atoms with E-state index in [4.69, 9.17) is 16.6 Å². The molecule has 0 fully saturated rings. The standard InChI is InChI=1S/C9H11N3O6S2/c10-6(13)2-12(3-7(11)14)20(17,18)8-1-5(4-19-8)9(15)16/h1,4H,2-3H2,(H2,10,13)(H2,11,14)(H,15,16). The van der Waals surface area contributed by atoms with Crippen molar-refractivity contribution in [1.82, 2.24) is 4.31 Å². The number of aromatic carboxylic acids is 1. The smallest absolute Gasteiger partial charge is 0.336 e. The Hall–Kier alpha value is -1.98. The lowest BCUT2D eigenvalue weighted by molar-refractivity contribution is -0.120. The zero-order chi connectivity index (χ0) is 15.5. The summed E-state index contributed by atoms with van der Waals surface area (Å²) in [6.45, 7) is -1.46.